The van der Waals surface area contributed by atoms with Crippen LogP contribution in [-0.4, -0.2) is 0 Å². The lowest BCUT2D eigenvalue weighted by atomic mass is 9.99. The largest absolute Gasteiger partial charge is 0.206 e. The molecule has 0 radical (unpaired) electrons. The van der Waals surface area contributed by atoms with Gasteiger partial charge in [-0.25, -0.2) is 4.39 Å². The first kappa shape index (κ1) is 27.7. The minimum atomic E-state index is -0.0717. The Morgan fingerprint density at radius 3 is 1.84 bits per heavy atom. The number of hydrogen-bond acceptors (Lipinski definition) is 0. The maximum Gasteiger partial charge on any atom is 0.134 e. The molecule has 1 heteroatoms. The first-order chi connectivity index (χ1) is 18.7. The van der Waals surface area contributed by atoms with Crippen LogP contribution in [0.2, 0.25) is 0 Å². The second-order valence-corrected chi connectivity index (χ2v) is 10.5. The average Bonchev–Trinajstić information content (AvgIpc) is 2.96. The summed E-state index contributed by atoms with van der Waals surface area (Å²) in [6.45, 7) is 4.47. The van der Waals surface area contributed by atoms with Crippen molar-refractivity contribution in [3.05, 3.63) is 107 Å². The first-order valence-electron chi connectivity index (χ1n) is 14.6. The number of unbranched alkanes of at least 4 members (excludes halogenated alkanes) is 7. The summed E-state index contributed by atoms with van der Waals surface area (Å²) in [4.78, 5) is 0. The topological polar surface area (TPSA) is 0 Å². The van der Waals surface area contributed by atoms with Crippen LogP contribution in [0.3, 0.4) is 0 Å². The molecular formula is C37H41F. The Labute approximate surface area is 229 Å². The van der Waals surface area contributed by atoms with Gasteiger partial charge in [-0.05, 0) is 77.6 Å². The maximum absolute atomic E-state index is 15.1. The molecule has 0 aromatic heterocycles. The lowest BCUT2D eigenvalue weighted by molar-refractivity contribution is 0.595. The third-order valence-electron chi connectivity index (χ3n) is 7.43. The summed E-state index contributed by atoms with van der Waals surface area (Å²) in [5.74, 6) is 6.47. The van der Waals surface area contributed by atoms with Crippen molar-refractivity contribution in [2.45, 2.75) is 84.5 Å². The Bertz CT molecular complexity index is 1350. The zero-order chi connectivity index (χ0) is 26.6. The standard InChI is InChI=1S/C37H41F/c1-3-5-7-9-11-13-34-25-26-35-28-31(20-27-36(35)37(34)38)15-14-30-18-23-33(24-19-30)32-21-16-29(17-22-32)12-10-8-6-4-2/h16-28H,3-13H2,1-2H3. The molecule has 0 N–H and O–H groups in total. The SMILES string of the molecule is CCCCCCCc1ccc2cc(C#Cc3ccc(-c4ccc(CCCCCC)cc4)cc3)ccc2c1F. The molecule has 0 atom stereocenters. The van der Waals surface area contributed by atoms with Gasteiger partial charge in [0.25, 0.3) is 0 Å². The van der Waals surface area contributed by atoms with Crippen LogP contribution >= 0.6 is 0 Å². The molecule has 196 valence electrons. The molecule has 0 nitrogen and oxygen atoms in total. The molecule has 0 spiro atoms. The zero-order valence-corrected chi connectivity index (χ0v) is 23.2. The minimum Gasteiger partial charge on any atom is -0.206 e. The van der Waals surface area contributed by atoms with Gasteiger partial charge >= 0.3 is 0 Å². The van der Waals surface area contributed by atoms with Crippen LogP contribution in [-0.2, 0) is 12.8 Å². The maximum atomic E-state index is 15.1. The highest BCUT2D eigenvalue weighted by Gasteiger charge is 2.08. The van der Waals surface area contributed by atoms with Crippen molar-refractivity contribution in [3.63, 3.8) is 0 Å². The van der Waals surface area contributed by atoms with Gasteiger partial charge in [-0.3, -0.25) is 0 Å². The number of benzene rings is 4. The normalized spacial score (nSPS) is 10.9. The first-order valence-corrected chi connectivity index (χ1v) is 14.6. The summed E-state index contributed by atoms with van der Waals surface area (Å²) in [7, 11) is 0. The van der Waals surface area contributed by atoms with Crippen molar-refractivity contribution >= 4 is 10.8 Å². The molecule has 38 heavy (non-hydrogen) atoms. The summed E-state index contributed by atoms with van der Waals surface area (Å²) < 4.78 is 15.1. The Hall–Kier alpha value is -3.37. The third-order valence-corrected chi connectivity index (χ3v) is 7.43. The molecule has 0 saturated carbocycles. The summed E-state index contributed by atoms with van der Waals surface area (Å²) >= 11 is 0. The van der Waals surface area contributed by atoms with Crippen LogP contribution in [0, 0.1) is 17.7 Å². The van der Waals surface area contributed by atoms with Gasteiger partial charge in [0.1, 0.15) is 5.82 Å². The molecule has 0 aliphatic rings. The molecule has 0 unspecified atom stereocenters. The molecule has 0 heterocycles. The van der Waals surface area contributed by atoms with E-state index in [1.54, 1.807) is 0 Å². The van der Waals surface area contributed by atoms with Gasteiger partial charge in [-0.2, -0.15) is 0 Å². The lowest BCUT2D eigenvalue weighted by Crippen LogP contribution is -1.93. The van der Waals surface area contributed by atoms with Gasteiger partial charge in [0.2, 0.25) is 0 Å². The predicted molar refractivity (Wildman–Crippen MR) is 162 cm³/mol. The highest BCUT2D eigenvalue weighted by Crippen LogP contribution is 2.24. The molecule has 0 aliphatic carbocycles. The van der Waals surface area contributed by atoms with Crippen LogP contribution in [0.25, 0.3) is 21.9 Å². The number of hydrogen-bond donors (Lipinski definition) is 0. The summed E-state index contributed by atoms with van der Waals surface area (Å²) in [6, 6.07) is 27.2. The molecule has 4 rings (SSSR count). The van der Waals surface area contributed by atoms with Crippen molar-refractivity contribution in [2.24, 2.45) is 0 Å². The molecule has 4 aromatic carbocycles. The molecule has 0 bridgehead atoms. The smallest absolute Gasteiger partial charge is 0.134 e. The zero-order valence-electron chi connectivity index (χ0n) is 23.2. The van der Waals surface area contributed by atoms with E-state index in [0.29, 0.717) is 5.39 Å². The second-order valence-electron chi connectivity index (χ2n) is 10.5. The van der Waals surface area contributed by atoms with Crippen molar-refractivity contribution in [3.8, 4) is 23.0 Å². The molecule has 0 fully saturated rings. The molecule has 0 saturated heterocycles. The fourth-order valence-corrected chi connectivity index (χ4v) is 5.04. The van der Waals surface area contributed by atoms with Crippen LogP contribution < -0.4 is 0 Å². The van der Waals surface area contributed by atoms with E-state index >= 15 is 4.39 Å². The van der Waals surface area contributed by atoms with Crippen molar-refractivity contribution in [1.82, 2.24) is 0 Å². The fraction of sp³-hybridized carbons (Fsp3) is 0.351. The summed E-state index contributed by atoms with van der Waals surface area (Å²) in [5.41, 5.74) is 6.57. The lowest BCUT2D eigenvalue weighted by Gasteiger charge is -2.07. The quantitative estimate of drug-likeness (QED) is 0.133. The minimum absolute atomic E-state index is 0.0717. The number of fused-ring (bicyclic) bond motifs is 1. The average molecular weight is 505 g/mol. The van der Waals surface area contributed by atoms with Crippen LogP contribution in [0.4, 0.5) is 4.39 Å². The van der Waals surface area contributed by atoms with Gasteiger partial charge < -0.3 is 0 Å². The molecule has 0 aliphatic heterocycles. The van der Waals surface area contributed by atoms with Crippen molar-refractivity contribution in [1.29, 1.82) is 0 Å². The van der Waals surface area contributed by atoms with Gasteiger partial charge in [-0.1, -0.05) is 125 Å². The number of rotatable bonds is 12. The van der Waals surface area contributed by atoms with Crippen LogP contribution in [0.15, 0.2) is 78.9 Å². The Morgan fingerprint density at radius 1 is 0.553 bits per heavy atom. The van der Waals surface area contributed by atoms with Crippen molar-refractivity contribution < 1.29 is 4.39 Å². The van der Waals surface area contributed by atoms with E-state index < -0.39 is 0 Å². The van der Waals surface area contributed by atoms with Crippen molar-refractivity contribution in [2.75, 3.05) is 0 Å². The van der Waals surface area contributed by atoms with E-state index in [1.807, 2.05) is 30.3 Å². The van der Waals surface area contributed by atoms with E-state index in [1.165, 1.54) is 68.1 Å². The van der Waals surface area contributed by atoms with E-state index in [9.17, 15) is 0 Å². The predicted octanol–water partition coefficient (Wildman–Crippen LogP) is 10.7. The number of aryl methyl sites for hydroxylation is 2. The van der Waals surface area contributed by atoms with E-state index in [4.69, 9.17) is 0 Å². The van der Waals surface area contributed by atoms with Crippen LogP contribution in [0.1, 0.15) is 93.9 Å². The van der Waals surface area contributed by atoms with Gasteiger partial charge in [0.05, 0.1) is 0 Å². The molecule has 0 amide bonds. The highest BCUT2D eigenvalue weighted by molar-refractivity contribution is 5.85. The summed E-state index contributed by atoms with van der Waals surface area (Å²) in [6.07, 6.45) is 13.1. The fourth-order valence-electron chi connectivity index (χ4n) is 5.04. The van der Waals surface area contributed by atoms with E-state index in [2.05, 4.69) is 74.2 Å². The Kier molecular flexibility index (Phi) is 10.6. The Balaban J connectivity index is 1.38. The highest BCUT2D eigenvalue weighted by atomic mass is 19.1. The monoisotopic (exact) mass is 504 g/mol. The van der Waals surface area contributed by atoms with Crippen LogP contribution in [0.5, 0.6) is 0 Å². The summed E-state index contributed by atoms with van der Waals surface area (Å²) in [5, 5.41) is 1.60. The van der Waals surface area contributed by atoms with E-state index in [0.717, 1.165) is 41.3 Å². The van der Waals surface area contributed by atoms with Gasteiger partial charge in [-0.15, -0.1) is 0 Å². The van der Waals surface area contributed by atoms with Gasteiger partial charge in [0, 0.05) is 16.5 Å². The molecular weight excluding hydrogens is 463 g/mol. The number of halogens is 1. The van der Waals surface area contributed by atoms with E-state index in [-0.39, 0.29) is 5.82 Å². The second kappa shape index (κ2) is 14.5. The third kappa shape index (κ3) is 7.82. The Morgan fingerprint density at radius 2 is 1.13 bits per heavy atom. The molecule has 4 aromatic rings. The van der Waals surface area contributed by atoms with Gasteiger partial charge in [0.15, 0.2) is 0 Å².